The maximum absolute atomic E-state index is 12.9. The third-order valence-electron chi connectivity index (χ3n) is 4.37. The lowest BCUT2D eigenvalue weighted by Crippen LogP contribution is -2.49. The zero-order valence-electron chi connectivity index (χ0n) is 16.4. The second kappa shape index (κ2) is 11.3. The Bertz CT molecular complexity index is 750. The number of amides is 2. The van der Waals surface area contributed by atoms with Gasteiger partial charge in [-0.3, -0.25) is 9.59 Å². The van der Waals surface area contributed by atoms with E-state index in [-0.39, 0.29) is 18.4 Å². The molecule has 0 spiro atoms. The van der Waals surface area contributed by atoms with Crippen LogP contribution in [0.4, 0.5) is 0 Å². The molecule has 0 saturated heterocycles. The van der Waals surface area contributed by atoms with Crippen LogP contribution < -0.4 is 10.1 Å². The number of halogens is 1. The largest absolute Gasteiger partial charge is 0.484 e. The van der Waals surface area contributed by atoms with Crippen LogP contribution in [0.25, 0.3) is 0 Å². The lowest BCUT2D eigenvalue weighted by atomic mass is 10.1. The summed E-state index contributed by atoms with van der Waals surface area (Å²) < 4.78 is 5.59. The molecule has 5 nitrogen and oxygen atoms in total. The molecule has 0 saturated carbocycles. The summed E-state index contributed by atoms with van der Waals surface area (Å²) in [6.45, 7) is 4.60. The normalized spacial score (nSPS) is 11.5. The van der Waals surface area contributed by atoms with Crippen molar-refractivity contribution in [2.24, 2.45) is 0 Å². The molecule has 2 aromatic carbocycles. The molecule has 0 aliphatic rings. The van der Waals surface area contributed by atoms with Gasteiger partial charge in [0.15, 0.2) is 6.61 Å². The third kappa shape index (κ3) is 6.89. The van der Waals surface area contributed by atoms with Crippen LogP contribution in [0.5, 0.6) is 5.75 Å². The zero-order chi connectivity index (χ0) is 20.4. The van der Waals surface area contributed by atoms with E-state index in [0.717, 1.165) is 18.4 Å². The molecular weight excluding hydrogens is 376 g/mol. The minimum Gasteiger partial charge on any atom is -0.484 e. The first-order chi connectivity index (χ1) is 13.5. The van der Waals surface area contributed by atoms with Crippen LogP contribution in [0.15, 0.2) is 54.6 Å². The molecule has 150 valence electrons. The SMILES string of the molecule is CCCCNC(=O)C(C)N(Cc1ccccc1)C(=O)COc1ccc(Cl)cc1. The number of nitrogens with zero attached hydrogens (tertiary/aromatic N) is 1. The summed E-state index contributed by atoms with van der Waals surface area (Å²) in [7, 11) is 0. The minimum atomic E-state index is -0.599. The highest BCUT2D eigenvalue weighted by atomic mass is 35.5. The average molecular weight is 403 g/mol. The van der Waals surface area contributed by atoms with Gasteiger partial charge in [-0.05, 0) is 43.2 Å². The second-order valence-electron chi connectivity index (χ2n) is 6.57. The van der Waals surface area contributed by atoms with Crippen LogP contribution in [0.2, 0.25) is 5.02 Å². The summed E-state index contributed by atoms with van der Waals surface area (Å²) in [6, 6.07) is 15.8. The summed E-state index contributed by atoms with van der Waals surface area (Å²) >= 11 is 5.87. The summed E-state index contributed by atoms with van der Waals surface area (Å²) in [4.78, 5) is 26.9. The van der Waals surface area contributed by atoms with Gasteiger partial charge >= 0.3 is 0 Å². The Hall–Kier alpha value is -2.53. The molecule has 0 bridgehead atoms. The van der Waals surface area contributed by atoms with Crippen LogP contribution in [-0.4, -0.2) is 35.9 Å². The molecule has 2 amide bonds. The Kier molecular flexibility index (Phi) is 8.82. The summed E-state index contributed by atoms with van der Waals surface area (Å²) in [5.41, 5.74) is 0.954. The quantitative estimate of drug-likeness (QED) is 0.610. The van der Waals surface area contributed by atoms with E-state index in [4.69, 9.17) is 16.3 Å². The van der Waals surface area contributed by atoms with Crippen molar-refractivity contribution in [3.05, 3.63) is 65.2 Å². The molecule has 0 aliphatic carbocycles. The number of ether oxygens (including phenoxy) is 1. The highest BCUT2D eigenvalue weighted by Crippen LogP contribution is 2.16. The van der Waals surface area contributed by atoms with Crippen molar-refractivity contribution in [3.63, 3.8) is 0 Å². The van der Waals surface area contributed by atoms with E-state index in [1.807, 2.05) is 30.3 Å². The number of carbonyl (C=O) groups is 2. The lowest BCUT2D eigenvalue weighted by molar-refractivity contribution is -0.142. The highest BCUT2D eigenvalue weighted by molar-refractivity contribution is 6.30. The van der Waals surface area contributed by atoms with Gasteiger partial charge in [-0.25, -0.2) is 0 Å². The molecule has 1 unspecified atom stereocenters. The van der Waals surface area contributed by atoms with Crippen molar-refractivity contribution >= 4 is 23.4 Å². The van der Waals surface area contributed by atoms with Gasteiger partial charge in [0.05, 0.1) is 0 Å². The van der Waals surface area contributed by atoms with E-state index >= 15 is 0 Å². The van der Waals surface area contributed by atoms with Gasteiger partial charge in [0.1, 0.15) is 11.8 Å². The van der Waals surface area contributed by atoms with E-state index in [0.29, 0.717) is 23.9 Å². The van der Waals surface area contributed by atoms with Crippen LogP contribution >= 0.6 is 11.6 Å². The van der Waals surface area contributed by atoms with E-state index in [1.54, 1.807) is 36.1 Å². The van der Waals surface area contributed by atoms with Gasteiger partial charge in [0.2, 0.25) is 5.91 Å². The van der Waals surface area contributed by atoms with E-state index in [1.165, 1.54) is 0 Å². The van der Waals surface area contributed by atoms with Crippen LogP contribution in [-0.2, 0) is 16.1 Å². The van der Waals surface area contributed by atoms with Gasteiger partial charge in [-0.2, -0.15) is 0 Å². The van der Waals surface area contributed by atoms with Gasteiger partial charge < -0.3 is 15.0 Å². The molecule has 0 fully saturated rings. The van der Waals surface area contributed by atoms with E-state index in [9.17, 15) is 9.59 Å². The Morgan fingerprint density at radius 1 is 1.11 bits per heavy atom. The Labute approximate surface area is 171 Å². The zero-order valence-corrected chi connectivity index (χ0v) is 17.1. The number of hydrogen-bond donors (Lipinski definition) is 1. The predicted molar refractivity (Wildman–Crippen MR) is 111 cm³/mol. The van der Waals surface area contributed by atoms with Crippen molar-refractivity contribution in [2.75, 3.05) is 13.2 Å². The molecule has 0 radical (unpaired) electrons. The molecule has 28 heavy (non-hydrogen) atoms. The Morgan fingerprint density at radius 3 is 2.43 bits per heavy atom. The van der Waals surface area contributed by atoms with Crippen LogP contribution in [0.1, 0.15) is 32.3 Å². The molecule has 6 heteroatoms. The molecule has 0 aromatic heterocycles. The Balaban J connectivity index is 2.06. The number of nitrogens with one attached hydrogen (secondary N) is 1. The first-order valence-electron chi connectivity index (χ1n) is 9.50. The van der Waals surface area contributed by atoms with Gasteiger partial charge in [-0.1, -0.05) is 55.3 Å². The molecular formula is C22H27ClN2O3. The fourth-order valence-electron chi connectivity index (χ4n) is 2.66. The highest BCUT2D eigenvalue weighted by Gasteiger charge is 2.26. The fraction of sp³-hybridized carbons (Fsp3) is 0.364. The van der Waals surface area contributed by atoms with E-state index < -0.39 is 6.04 Å². The summed E-state index contributed by atoms with van der Waals surface area (Å²) in [5, 5.41) is 3.50. The molecule has 0 heterocycles. The topological polar surface area (TPSA) is 58.6 Å². The predicted octanol–water partition coefficient (Wildman–Crippen LogP) is 4.05. The summed E-state index contributed by atoms with van der Waals surface area (Å²) in [6.07, 6.45) is 1.90. The maximum Gasteiger partial charge on any atom is 0.261 e. The average Bonchev–Trinajstić information content (AvgIpc) is 2.71. The molecule has 2 rings (SSSR count). The van der Waals surface area contributed by atoms with Crippen molar-refractivity contribution in [2.45, 2.75) is 39.3 Å². The van der Waals surface area contributed by atoms with Crippen LogP contribution in [0, 0.1) is 0 Å². The number of carbonyl (C=O) groups excluding carboxylic acids is 2. The molecule has 2 aromatic rings. The van der Waals surface area contributed by atoms with Gasteiger partial charge in [0.25, 0.3) is 5.91 Å². The van der Waals surface area contributed by atoms with E-state index in [2.05, 4.69) is 12.2 Å². The third-order valence-corrected chi connectivity index (χ3v) is 4.62. The van der Waals surface area contributed by atoms with Gasteiger partial charge in [0, 0.05) is 18.1 Å². The molecule has 0 aliphatic heterocycles. The fourth-order valence-corrected chi connectivity index (χ4v) is 2.78. The first-order valence-corrected chi connectivity index (χ1v) is 9.88. The monoisotopic (exact) mass is 402 g/mol. The second-order valence-corrected chi connectivity index (χ2v) is 7.01. The first kappa shape index (κ1) is 21.8. The maximum atomic E-state index is 12.9. The smallest absolute Gasteiger partial charge is 0.261 e. The van der Waals surface area contributed by atoms with Crippen molar-refractivity contribution in [1.29, 1.82) is 0 Å². The standard InChI is InChI=1S/C22H27ClN2O3/c1-3-4-14-24-22(27)17(2)25(15-18-8-6-5-7-9-18)21(26)16-28-20-12-10-19(23)11-13-20/h5-13,17H,3-4,14-16H2,1-2H3,(H,24,27). The van der Waals surface area contributed by atoms with Crippen LogP contribution in [0.3, 0.4) is 0 Å². The van der Waals surface area contributed by atoms with Crippen molar-refractivity contribution in [3.8, 4) is 5.75 Å². The minimum absolute atomic E-state index is 0.152. The number of unbranched alkanes of at least 4 members (excludes halogenated alkanes) is 1. The van der Waals surface area contributed by atoms with Gasteiger partial charge in [-0.15, -0.1) is 0 Å². The summed E-state index contributed by atoms with van der Waals surface area (Å²) in [5.74, 6) is 0.138. The number of benzene rings is 2. The number of hydrogen-bond acceptors (Lipinski definition) is 3. The molecule has 1 atom stereocenters. The lowest BCUT2D eigenvalue weighted by Gasteiger charge is -2.28. The van der Waals surface area contributed by atoms with Crippen molar-refractivity contribution in [1.82, 2.24) is 10.2 Å². The Morgan fingerprint density at radius 2 is 1.79 bits per heavy atom. The number of rotatable bonds is 10. The van der Waals surface area contributed by atoms with Crippen molar-refractivity contribution < 1.29 is 14.3 Å². The molecule has 1 N–H and O–H groups in total.